The zero-order chi connectivity index (χ0) is 10.2. The van der Waals surface area contributed by atoms with Crippen LogP contribution < -0.4 is 5.32 Å². The third-order valence-electron chi connectivity index (χ3n) is 3.44. The van der Waals surface area contributed by atoms with E-state index in [1.165, 1.54) is 19.3 Å². The van der Waals surface area contributed by atoms with Crippen LogP contribution >= 0.6 is 0 Å². The fraction of sp³-hybridized carbons (Fsp3) is 1.00. The number of hydrogen-bond donors (Lipinski definition) is 1. The molecule has 0 bridgehead atoms. The quantitative estimate of drug-likeness (QED) is 0.732. The van der Waals surface area contributed by atoms with Gasteiger partial charge in [0.2, 0.25) is 0 Å². The summed E-state index contributed by atoms with van der Waals surface area (Å²) in [5.41, 5.74) is 1.02. The maximum Gasteiger partial charge on any atom is 0.0625 e. The summed E-state index contributed by atoms with van der Waals surface area (Å²) in [6.45, 7) is 9.89. The molecule has 0 radical (unpaired) electrons. The average molecular weight is 197 g/mol. The first-order valence-corrected chi connectivity index (χ1v) is 5.83. The van der Waals surface area contributed by atoms with Gasteiger partial charge in [0.05, 0.1) is 13.2 Å². The van der Waals surface area contributed by atoms with Gasteiger partial charge in [0.25, 0.3) is 0 Å². The summed E-state index contributed by atoms with van der Waals surface area (Å²) in [6, 6.07) is 0.621. The SMILES string of the molecule is CC(C)(C)CC1(C2COCCN2)CC1. The van der Waals surface area contributed by atoms with Gasteiger partial charge < -0.3 is 10.1 Å². The fourth-order valence-electron chi connectivity index (χ4n) is 2.82. The van der Waals surface area contributed by atoms with Crippen molar-refractivity contribution in [3.05, 3.63) is 0 Å². The molecule has 1 aliphatic carbocycles. The molecule has 1 unspecified atom stereocenters. The van der Waals surface area contributed by atoms with Crippen LogP contribution in [0.3, 0.4) is 0 Å². The largest absolute Gasteiger partial charge is 0.378 e. The van der Waals surface area contributed by atoms with Gasteiger partial charge >= 0.3 is 0 Å². The molecule has 1 atom stereocenters. The van der Waals surface area contributed by atoms with Crippen molar-refractivity contribution in [2.75, 3.05) is 19.8 Å². The molecule has 2 fully saturated rings. The molecule has 1 saturated carbocycles. The van der Waals surface area contributed by atoms with E-state index in [1.54, 1.807) is 0 Å². The highest BCUT2D eigenvalue weighted by Crippen LogP contribution is 2.55. The third kappa shape index (κ3) is 2.29. The third-order valence-corrected chi connectivity index (χ3v) is 3.44. The lowest BCUT2D eigenvalue weighted by atomic mass is 9.79. The maximum absolute atomic E-state index is 5.56. The lowest BCUT2D eigenvalue weighted by molar-refractivity contribution is 0.0408. The summed E-state index contributed by atoms with van der Waals surface area (Å²) in [4.78, 5) is 0. The van der Waals surface area contributed by atoms with E-state index in [0.717, 1.165) is 19.8 Å². The van der Waals surface area contributed by atoms with Crippen LogP contribution in [-0.2, 0) is 4.74 Å². The van der Waals surface area contributed by atoms with Crippen molar-refractivity contribution in [3.63, 3.8) is 0 Å². The minimum atomic E-state index is 0.454. The predicted molar refractivity (Wildman–Crippen MR) is 58.3 cm³/mol. The minimum Gasteiger partial charge on any atom is -0.378 e. The molecule has 0 amide bonds. The van der Waals surface area contributed by atoms with E-state index in [0.29, 0.717) is 16.9 Å². The smallest absolute Gasteiger partial charge is 0.0625 e. The van der Waals surface area contributed by atoms with E-state index >= 15 is 0 Å². The van der Waals surface area contributed by atoms with Crippen molar-refractivity contribution >= 4 is 0 Å². The molecule has 82 valence electrons. The van der Waals surface area contributed by atoms with Gasteiger partial charge in [0.1, 0.15) is 0 Å². The Bertz CT molecular complexity index is 197. The highest BCUT2D eigenvalue weighted by molar-refractivity contribution is 5.04. The van der Waals surface area contributed by atoms with Gasteiger partial charge in [-0.15, -0.1) is 0 Å². The minimum absolute atomic E-state index is 0.454. The van der Waals surface area contributed by atoms with E-state index in [-0.39, 0.29) is 0 Å². The topological polar surface area (TPSA) is 21.3 Å². The van der Waals surface area contributed by atoms with E-state index in [4.69, 9.17) is 4.74 Å². The standard InChI is InChI=1S/C12H23NO/c1-11(2,3)9-12(4-5-12)10-8-14-7-6-13-10/h10,13H,4-9H2,1-3H3. The summed E-state index contributed by atoms with van der Waals surface area (Å²) in [6.07, 6.45) is 4.12. The molecule has 1 N–H and O–H groups in total. The van der Waals surface area contributed by atoms with Gasteiger partial charge in [-0.25, -0.2) is 0 Å². The van der Waals surface area contributed by atoms with Crippen LogP contribution in [0.25, 0.3) is 0 Å². The van der Waals surface area contributed by atoms with Gasteiger partial charge in [-0.2, -0.15) is 0 Å². The molecule has 0 aromatic heterocycles. The van der Waals surface area contributed by atoms with Crippen molar-refractivity contribution in [2.24, 2.45) is 10.8 Å². The van der Waals surface area contributed by atoms with Crippen LogP contribution in [0.2, 0.25) is 0 Å². The monoisotopic (exact) mass is 197 g/mol. The fourth-order valence-corrected chi connectivity index (χ4v) is 2.82. The van der Waals surface area contributed by atoms with Gasteiger partial charge in [0.15, 0.2) is 0 Å². The highest BCUT2D eigenvalue weighted by atomic mass is 16.5. The first-order chi connectivity index (χ1) is 6.52. The van der Waals surface area contributed by atoms with E-state index < -0.39 is 0 Å². The molecular weight excluding hydrogens is 174 g/mol. The molecule has 0 aromatic rings. The van der Waals surface area contributed by atoms with Crippen LogP contribution in [0, 0.1) is 10.8 Å². The summed E-state index contributed by atoms with van der Waals surface area (Å²) < 4.78 is 5.56. The molecule has 2 aliphatic rings. The van der Waals surface area contributed by atoms with E-state index in [1.807, 2.05) is 0 Å². The average Bonchev–Trinajstić information content (AvgIpc) is 2.85. The van der Waals surface area contributed by atoms with Crippen LogP contribution in [0.15, 0.2) is 0 Å². The Kier molecular flexibility index (Phi) is 2.61. The molecule has 2 heteroatoms. The summed E-state index contributed by atoms with van der Waals surface area (Å²) in [5.74, 6) is 0. The Labute approximate surface area is 87.4 Å². The van der Waals surface area contributed by atoms with Crippen molar-refractivity contribution in [1.82, 2.24) is 5.32 Å². The van der Waals surface area contributed by atoms with Gasteiger partial charge in [0, 0.05) is 12.6 Å². The first-order valence-electron chi connectivity index (χ1n) is 5.83. The Hall–Kier alpha value is -0.0800. The van der Waals surface area contributed by atoms with Gasteiger partial charge in [-0.1, -0.05) is 20.8 Å². The Morgan fingerprint density at radius 1 is 1.36 bits per heavy atom. The first kappa shape index (κ1) is 10.4. The number of ether oxygens (including phenoxy) is 1. The van der Waals surface area contributed by atoms with E-state index in [2.05, 4.69) is 26.1 Å². The van der Waals surface area contributed by atoms with Crippen LogP contribution in [-0.4, -0.2) is 25.8 Å². The molecule has 2 nitrogen and oxygen atoms in total. The van der Waals surface area contributed by atoms with Gasteiger partial charge in [-0.05, 0) is 30.1 Å². The van der Waals surface area contributed by atoms with Crippen molar-refractivity contribution in [3.8, 4) is 0 Å². The normalized spacial score (nSPS) is 31.5. The molecule has 0 spiro atoms. The predicted octanol–water partition coefficient (Wildman–Crippen LogP) is 2.19. The Morgan fingerprint density at radius 3 is 2.50 bits per heavy atom. The zero-order valence-electron chi connectivity index (χ0n) is 9.73. The van der Waals surface area contributed by atoms with Gasteiger partial charge in [-0.3, -0.25) is 0 Å². The van der Waals surface area contributed by atoms with E-state index in [9.17, 15) is 0 Å². The lowest BCUT2D eigenvalue weighted by Crippen LogP contribution is -2.48. The maximum atomic E-state index is 5.56. The highest BCUT2D eigenvalue weighted by Gasteiger charge is 2.51. The second kappa shape index (κ2) is 3.49. The Balaban J connectivity index is 1.94. The second-order valence-corrected chi connectivity index (χ2v) is 6.18. The molecular formula is C12H23NO. The van der Waals surface area contributed by atoms with Crippen LogP contribution in [0.5, 0.6) is 0 Å². The number of hydrogen-bond acceptors (Lipinski definition) is 2. The molecule has 1 aliphatic heterocycles. The molecule has 0 aromatic carbocycles. The van der Waals surface area contributed by atoms with Crippen molar-refractivity contribution < 1.29 is 4.74 Å². The summed E-state index contributed by atoms with van der Waals surface area (Å²) in [7, 11) is 0. The molecule has 14 heavy (non-hydrogen) atoms. The molecule has 1 heterocycles. The Morgan fingerprint density at radius 2 is 2.07 bits per heavy atom. The molecule has 1 saturated heterocycles. The van der Waals surface area contributed by atoms with Crippen molar-refractivity contribution in [2.45, 2.75) is 46.1 Å². The molecule has 2 rings (SSSR count). The number of morpholine rings is 1. The summed E-state index contributed by atoms with van der Waals surface area (Å²) in [5, 5.41) is 3.62. The zero-order valence-corrected chi connectivity index (χ0v) is 9.73. The van der Waals surface area contributed by atoms with Crippen molar-refractivity contribution in [1.29, 1.82) is 0 Å². The van der Waals surface area contributed by atoms with Crippen LogP contribution in [0.4, 0.5) is 0 Å². The lowest BCUT2D eigenvalue weighted by Gasteiger charge is -2.35. The second-order valence-electron chi connectivity index (χ2n) is 6.18. The summed E-state index contributed by atoms with van der Waals surface area (Å²) >= 11 is 0. The number of nitrogens with one attached hydrogen (secondary N) is 1. The number of rotatable bonds is 2. The van der Waals surface area contributed by atoms with Crippen LogP contribution in [0.1, 0.15) is 40.0 Å².